The maximum atomic E-state index is 13.3. The summed E-state index contributed by atoms with van der Waals surface area (Å²) in [5, 5.41) is 4.51. The molecule has 0 bridgehead atoms. The van der Waals surface area contributed by atoms with Crippen LogP contribution in [0, 0.1) is 0 Å². The molecule has 2 aromatic carbocycles. The van der Waals surface area contributed by atoms with Crippen LogP contribution in [0.15, 0.2) is 52.2 Å². The summed E-state index contributed by atoms with van der Waals surface area (Å²) in [6.45, 7) is 1.92. The molecule has 0 fully saturated rings. The van der Waals surface area contributed by atoms with Crippen molar-refractivity contribution < 1.29 is 13.2 Å². The molecule has 0 radical (unpaired) electrons. The molecule has 0 spiro atoms. The van der Waals surface area contributed by atoms with Crippen LogP contribution in [0.4, 0.5) is 5.69 Å². The fourth-order valence-corrected chi connectivity index (χ4v) is 5.61. The molecule has 0 saturated heterocycles. The van der Waals surface area contributed by atoms with E-state index >= 15 is 0 Å². The highest BCUT2D eigenvalue weighted by molar-refractivity contribution is 7.92. The van der Waals surface area contributed by atoms with Gasteiger partial charge in [0.1, 0.15) is 5.75 Å². The number of nitrogens with one attached hydrogen (secondary N) is 1. The summed E-state index contributed by atoms with van der Waals surface area (Å²) in [6, 6.07) is 12.2. The fraction of sp³-hybridized carbons (Fsp3) is 0.333. The number of anilines is 1. The van der Waals surface area contributed by atoms with Gasteiger partial charge < -0.3 is 4.74 Å². The van der Waals surface area contributed by atoms with Crippen molar-refractivity contribution in [2.45, 2.75) is 43.9 Å². The number of benzene rings is 2. The van der Waals surface area contributed by atoms with E-state index in [1.807, 2.05) is 19.1 Å². The zero-order chi connectivity index (χ0) is 22.9. The zero-order valence-corrected chi connectivity index (χ0v) is 19.3. The smallest absolute Gasteiger partial charge is 0.269 e. The van der Waals surface area contributed by atoms with E-state index in [2.05, 4.69) is 9.82 Å². The van der Waals surface area contributed by atoms with Crippen molar-refractivity contribution >= 4 is 15.7 Å². The molecule has 168 valence electrons. The summed E-state index contributed by atoms with van der Waals surface area (Å²) >= 11 is 0. The average Bonchev–Trinajstić information content (AvgIpc) is 2.81. The number of rotatable bonds is 6. The van der Waals surface area contributed by atoms with Gasteiger partial charge >= 0.3 is 0 Å². The number of hydrogen-bond donors (Lipinski definition) is 1. The Labute approximate surface area is 188 Å². The Hall–Kier alpha value is -3.13. The first-order chi connectivity index (χ1) is 15.3. The van der Waals surface area contributed by atoms with Crippen LogP contribution in [0.25, 0.3) is 11.3 Å². The monoisotopic (exact) mass is 453 g/mol. The average molecular weight is 454 g/mol. The number of aryl methyl sites for hydroxylation is 2. The van der Waals surface area contributed by atoms with E-state index in [9.17, 15) is 13.2 Å². The molecule has 7 nitrogen and oxygen atoms in total. The van der Waals surface area contributed by atoms with Crippen LogP contribution in [0.3, 0.4) is 0 Å². The van der Waals surface area contributed by atoms with Crippen LogP contribution in [-0.4, -0.2) is 25.3 Å². The van der Waals surface area contributed by atoms with Crippen LogP contribution in [0.2, 0.25) is 0 Å². The minimum absolute atomic E-state index is 0.0684. The third-order valence-corrected chi connectivity index (χ3v) is 7.35. The molecule has 0 saturated carbocycles. The maximum absolute atomic E-state index is 13.3. The predicted molar refractivity (Wildman–Crippen MR) is 125 cm³/mol. The Morgan fingerprint density at radius 3 is 2.56 bits per heavy atom. The number of hydrogen-bond acceptors (Lipinski definition) is 5. The summed E-state index contributed by atoms with van der Waals surface area (Å²) in [5.41, 5.74) is 4.18. The summed E-state index contributed by atoms with van der Waals surface area (Å²) < 4.78 is 35.9. The summed E-state index contributed by atoms with van der Waals surface area (Å²) in [6.07, 6.45) is 4.03. The maximum Gasteiger partial charge on any atom is 0.269 e. The molecule has 1 aromatic heterocycles. The highest BCUT2D eigenvalue weighted by Crippen LogP contribution is 2.31. The second-order valence-electron chi connectivity index (χ2n) is 7.96. The second-order valence-corrected chi connectivity index (χ2v) is 9.61. The second kappa shape index (κ2) is 8.78. The molecule has 1 aliphatic carbocycles. The Morgan fingerprint density at radius 1 is 1.09 bits per heavy atom. The van der Waals surface area contributed by atoms with Crippen LogP contribution in [0.1, 0.15) is 36.5 Å². The zero-order valence-electron chi connectivity index (χ0n) is 18.5. The van der Waals surface area contributed by atoms with Crippen molar-refractivity contribution in [2.24, 2.45) is 7.05 Å². The van der Waals surface area contributed by atoms with Gasteiger partial charge in [0.05, 0.1) is 23.4 Å². The molecular formula is C24H27N3O4S. The lowest BCUT2D eigenvalue weighted by Crippen LogP contribution is -2.28. The number of methoxy groups -OCH3 is 1. The van der Waals surface area contributed by atoms with E-state index in [4.69, 9.17) is 4.74 Å². The highest BCUT2D eigenvalue weighted by atomic mass is 32.2. The number of fused-ring (bicyclic) bond motifs is 1. The van der Waals surface area contributed by atoms with E-state index in [1.54, 1.807) is 37.4 Å². The van der Waals surface area contributed by atoms with Gasteiger partial charge in [-0.3, -0.25) is 9.52 Å². The van der Waals surface area contributed by atoms with Gasteiger partial charge in [-0.15, -0.1) is 0 Å². The van der Waals surface area contributed by atoms with E-state index in [0.29, 0.717) is 34.7 Å². The quantitative estimate of drug-likeness (QED) is 0.615. The number of ether oxygens (including phenoxy) is 1. The summed E-state index contributed by atoms with van der Waals surface area (Å²) in [7, 11) is -0.676. The van der Waals surface area contributed by atoms with E-state index in [0.717, 1.165) is 36.8 Å². The largest absolute Gasteiger partial charge is 0.497 e. The predicted octanol–water partition coefficient (Wildman–Crippen LogP) is 3.70. The third-order valence-electron chi connectivity index (χ3n) is 5.89. The van der Waals surface area contributed by atoms with Crippen LogP contribution >= 0.6 is 0 Å². The minimum atomic E-state index is -3.85. The van der Waals surface area contributed by atoms with E-state index < -0.39 is 10.0 Å². The lowest BCUT2D eigenvalue weighted by atomic mass is 9.89. The molecule has 0 amide bonds. The molecule has 32 heavy (non-hydrogen) atoms. The topological polar surface area (TPSA) is 90.3 Å². The number of aromatic nitrogens is 2. The molecule has 1 heterocycles. The molecule has 0 unspecified atom stereocenters. The first-order valence-corrected chi connectivity index (χ1v) is 12.2. The first-order valence-electron chi connectivity index (χ1n) is 10.7. The molecule has 8 heteroatoms. The summed E-state index contributed by atoms with van der Waals surface area (Å²) in [5.74, 6) is 0.565. The van der Waals surface area contributed by atoms with Crippen molar-refractivity contribution in [3.63, 3.8) is 0 Å². The van der Waals surface area contributed by atoms with Gasteiger partial charge in [0.15, 0.2) is 0 Å². The van der Waals surface area contributed by atoms with Gasteiger partial charge in [0.25, 0.3) is 15.6 Å². The number of sulfonamides is 1. The SMILES string of the molecule is CCc1ccc(-c2nn(C)c(=O)c3c2CCCC3)cc1S(=O)(=O)Nc1cccc(OC)c1. The van der Waals surface area contributed by atoms with Crippen molar-refractivity contribution in [2.75, 3.05) is 11.8 Å². The summed E-state index contributed by atoms with van der Waals surface area (Å²) in [4.78, 5) is 12.8. The molecule has 3 aromatic rings. The van der Waals surface area contributed by atoms with Crippen molar-refractivity contribution in [1.29, 1.82) is 0 Å². The Morgan fingerprint density at radius 2 is 1.84 bits per heavy atom. The third kappa shape index (κ3) is 4.14. The Kier molecular flexibility index (Phi) is 6.06. The molecule has 1 N–H and O–H groups in total. The van der Waals surface area contributed by atoms with E-state index in [-0.39, 0.29) is 10.5 Å². The standard InChI is InChI=1S/C24H27N3O4S/c1-4-16-12-13-17(23-20-10-5-6-11-21(20)24(28)27(2)25-23)14-22(16)32(29,30)26-18-8-7-9-19(15-18)31-3/h7-9,12-15,26H,4-6,10-11H2,1-3H3. The normalized spacial score (nSPS) is 13.5. The van der Waals surface area contributed by atoms with Gasteiger partial charge in [-0.2, -0.15) is 5.10 Å². The van der Waals surface area contributed by atoms with Gasteiger partial charge in [-0.1, -0.05) is 25.1 Å². The highest BCUT2D eigenvalue weighted by Gasteiger charge is 2.24. The molecule has 4 rings (SSSR count). The van der Waals surface area contributed by atoms with Gasteiger partial charge in [0.2, 0.25) is 0 Å². The minimum Gasteiger partial charge on any atom is -0.497 e. The molecule has 0 atom stereocenters. The van der Waals surface area contributed by atoms with Crippen LogP contribution in [0.5, 0.6) is 5.75 Å². The van der Waals surface area contributed by atoms with E-state index in [1.165, 1.54) is 11.8 Å². The van der Waals surface area contributed by atoms with Crippen molar-refractivity contribution in [3.05, 3.63) is 69.5 Å². The molecule has 0 aliphatic heterocycles. The van der Waals surface area contributed by atoms with Crippen molar-refractivity contribution in [3.8, 4) is 17.0 Å². The lowest BCUT2D eigenvalue weighted by Gasteiger charge is -2.20. The van der Waals surface area contributed by atoms with Crippen LogP contribution in [-0.2, 0) is 36.3 Å². The van der Waals surface area contributed by atoms with Gasteiger partial charge in [-0.05, 0) is 61.4 Å². The Bertz CT molecular complexity index is 1330. The molecular weight excluding hydrogens is 426 g/mol. The first kappa shape index (κ1) is 22.1. The van der Waals surface area contributed by atoms with Crippen LogP contribution < -0.4 is 15.0 Å². The van der Waals surface area contributed by atoms with Crippen molar-refractivity contribution in [1.82, 2.24) is 9.78 Å². The number of nitrogens with zero attached hydrogens (tertiary/aromatic N) is 2. The molecule has 1 aliphatic rings. The Balaban J connectivity index is 1.82. The van der Waals surface area contributed by atoms with Gasteiger partial charge in [-0.25, -0.2) is 13.1 Å². The van der Waals surface area contributed by atoms with Gasteiger partial charge in [0, 0.05) is 24.2 Å². The fourth-order valence-electron chi connectivity index (χ4n) is 4.23. The lowest BCUT2D eigenvalue weighted by molar-refractivity contribution is 0.415.